The highest BCUT2D eigenvalue weighted by Crippen LogP contribution is 2.28. The number of benzene rings is 4. The number of carbonyl (C=O) groups excluding carboxylic acids is 2. The summed E-state index contributed by atoms with van der Waals surface area (Å²) in [4.78, 5) is 46.4. The van der Waals surface area contributed by atoms with Gasteiger partial charge in [0.15, 0.2) is 0 Å². The van der Waals surface area contributed by atoms with Gasteiger partial charge in [-0.25, -0.2) is 22.7 Å². The standard InChI is InChI=1S/C29H28N2O5S2.C9H10N2O3/c32-28(29(33)34)31(20-22-10-4-1-5-11-22)21-25-16-17-27(37-25)38(35,36)30-19-18-26(23-12-6-2-7-13-23)24-14-8-3-9-15-24;10-5-6-1-3-7(4-2-6)11-8(12)9(13)14/h1-17,26,30H,18-21H2,(H,33,34);1-4H,5,10H2,(H,11,12)(H,13,14). The van der Waals surface area contributed by atoms with Gasteiger partial charge in [-0.3, -0.25) is 9.59 Å². The van der Waals surface area contributed by atoms with Crippen LogP contribution >= 0.6 is 11.3 Å². The van der Waals surface area contributed by atoms with E-state index in [1.165, 1.54) is 11.0 Å². The minimum absolute atomic E-state index is 0.00962. The second-order valence-electron chi connectivity index (χ2n) is 11.4. The number of rotatable bonds is 13. The van der Waals surface area contributed by atoms with Gasteiger partial charge in [-0.05, 0) is 52.9 Å². The smallest absolute Gasteiger partial charge is 0.394 e. The Morgan fingerprint density at radius 2 is 1.25 bits per heavy atom. The molecule has 0 fully saturated rings. The van der Waals surface area contributed by atoms with Crippen LogP contribution in [0.4, 0.5) is 5.69 Å². The summed E-state index contributed by atoms with van der Waals surface area (Å²) in [6.45, 7) is 0.740. The van der Waals surface area contributed by atoms with Gasteiger partial charge in [-0.1, -0.05) is 103 Å². The molecule has 0 saturated carbocycles. The van der Waals surface area contributed by atoms with Crippen LogP contribution in [0, 0.1) is 0 Å². The van der Waals surface area contributed by atoms with Crippen LogP contribution in [0.15, 0.2) is 132 Å². The predicted molar refractivity (Wildman–Crippen MR) is 198 cm³/mol. The topological polar surface area (TPSA) is 196 Å². The molecule has 0 aliphatic heterocycles. The van der Waals surface area contributed by atoms with Gasteiger partial charge in [0.05, 0.1) is 6.54 Å². The summed E-state index contributed by atoms with van der Waals surface area (Å²) in [5, 5.41) is 19.8. The van der Waals surface area contributed by atoms with Crippen LogP contribution in [0.2, 0.25) is 0 Å². The molecular formula is C38H38N4O8S2. The van der Waals surface area contributed by atoms with Crippen molar-refractivity contribution in [3.8, 4) is 0 Å². The van der Waals surface area contributed by atoms with Gasteiger partial charge in [0, 0.05) is 36.1 Å². The van der Waals surface area contributed by atoms with E-state index < -0.39 is 33.8 Å². The molecule has 4 aromatic carbocycles. The average molecular weight is 743 g/mol. The number of carbonyl (C=O) groups is 4. The fourth-order valence-corrected chi connectivity index (χ4v) is 7.59. The lowest BCUT2D eigenvalue weighted by Crippen LogP contribution is -2.35. The van der Waals surface area contributed by atoms with E-state index in [0.717, 1.165) is 33.6 Å². The molecule has 0 atom stereocenters. The van der Waals surface area contributed by atoms with E-state index in [4.69, 9.17) is 10.8 Å². The van der Waals surface area contributed by atoms with E-state index in [1.54, 1.807) is 54.6 Å². The number of hydrogen-bond donors (Lipinski definition) is 5. The van der Waals surface area contributed by atoms with E-state index in [0.29, 0.717) is 23.5 Å². The van der Waals surface area contributed by atoms with Crippen LogP contribution in [0.1, 0.15) is 39.5 Å². The summed E-state index contributed by atoms with van der Waals surface area (Å²) in [5.74, 6) is -5.12. The molecule has 0 unspecified atom stereocenters. The monoisotopic (exact) mass is 742 g/mol. The molecule has 0 spiro atoms. The summed E-state index contributed by atoms with van der Waals surface area (Å²) >= 11 is 1.02. The third-order valence-electron chi connectivity index (χ3n) is 7.71. The first-order chi connectivity index (χ1) is 25.0. The first-order valence-corrected chi connectivity index (χ1v) is 18.3. The Morgan fingerprint density at radius 1 is 0.692 bits per heavy atom. The number of carboxylic acid groups (broad SMARTS) is 2. The molecule has 14 heteroatoms. The van der Waals surface area contributed by atoms with Crippen LogP contribution in [0.3, 0.4) is 0 Å². The molecule has 52 heavy (non-hydrogen) atoms. The maximum Gasteiger partial charge on any atom is 0.394 e. The number of hydrogen-bond acceptors (Lipinski definition) is 8. The molecule has 6 N–H and O–H groups in total. The quantitative estimate of drug-likeness (QED) is 0.103. The van der Waals surface area contributed by atoms with Gasteiger partial charge in [0.1, 0.15) is 4.21 Å². The van der Waals surface area contributed by atoms with Crippen LogP contribution in [-0.4, -0.2) is 53.8 Å². The predicted octanol–water partition coefficient (Wildman–Crippen LogP) is 5.03. The van der Waals surface area contributed by atoms with Gasteiger partial charge in [0.25, 0.3) is 0 Å². The Bertz CT molecular complexity index is 2000. The summed E-state index contributed by atoms with van der Waals surface area (Å²) in [6.07, 6.45) is 0.573. The highest BCUT2D eigenvalue weighted by atomic mass is 32.2. The van der Waals surface area contributed by atoms with Crippen molar-refractivity contribution >= 4 is 50.8 Å². The molecule has 0 aliphatic carbocycles. The van der Waals surface area contributed by atoms with Gasteiger partial charge in [-0.15, -0.1) is 11.3 Å². The highest BCUT2D eigenvalue weighted by molar-refractivity contribution is 7.91. The van der Waals surface area contributed by atoms with Gasteiger partial charge >= 0.3 is 23.8 Å². The minimum Gasteiger partial charge on any atom is -0.474 e. The van der Waals surface area contributed by atoms with Crippen molar-refractivity contribution in [1.82, 2.24) is 9.62 Å². The maximum absolute atomic E-state index is 13.0. The second-order valence-corrected chi connectivity index (χ2v) is 14.6. The van der Waals surface area contributed by atoms with Crippen LogP contribution < -0.4 is 15.8 Å². The zero-order valence-corrected chi connectivity index (χ0v) is 29.6. The summed E-state index contributed by atoms with van der Waals surface area (Å²) < 4.78 is 28.9. The van der Waals surface area contributed by atoms with E-state index in [2.05, 4.69) is 10.0 Å². The van der Waals surface area contributed by atoms with Crippen molar-refractivity contribution in [3.63, 3.8) is 0 Å². The number of amides is 2. The lowest BCUT2D eigenvalue weighted by Gasteiger charge is -2.20. The number of aliphatic carboxylic acids is 2. The SMILES string of the molecule is NCc1ccc(NC(=O)C(=O)O)cc1.O=C(O)C(=O)N(Cc1ccccc1)Cc1ccc(S(=O)(=O)NCCC(c2ccccc2)c2ccccc2)s1. The molecule has 0 bridgehead atoms. The number of anilines is 1. The van der Waals surface area contributed by atoms with Crippen molar-refractivity contribution in [2.24, 2.45) is 5.73 Å². The number of carboxylic acids is 2. The van der Waals surface area contributed by atoms with Crippen LogP contribution in [0.25, 0.3) is 0 Å². The van der Waals surface area contributed by atoms with Gasteiger partial charge in [0.2, 0.25) is 10.0 Å². The number of thiophene rings is 1. The van der Waals surface area contributed by atoms with E-state index in [1.807, 2.05) is 66.7 Å². The Labute approximate surface area is 305 Å². The average Bonchev–Trinajstić information content (AvgIpc) is 3.64. The van der Waals surface area contributed by atoms with E-state index >= 15 is 0 Å². The number of nitrogens with one attached hydrogen (secondary N) is 2. The number of sulfonamides is 1. The number of nitrogens with two attached hydrogens (primary N) is 1. The number of nitrogens with zero attached hydrogens (tertiary/aromatic N) is 1. The van der Waals surface area contributed by atoms with Crippen molar-refractivity contribution < 1.29 is 37.8 Å². The normalized spacial score (nSPS) is 10.9. The largest absolute Gasteiger partial charge is 0.474 e. The molecule has 12 nitrogen and oxygen atoms in total. The van der Waals surface area contributed by atoms with Gasteiger partial charge in [-0.2, -0.15) is 0 Å². The second kappa shape index (κ2) is 19.1. The highest BCUT2D eigenvalue weighted by Gasteiger charge is 2.24. The molecule has 0 aliphatic rings. The Balaban J connectivity index is 0.000000363. The van der Waals surface area contributed by atoms with E-state index in [9.17, 15) is 32.7 Å². The molecule has 0 saturated heterocycles. The van der Waals surface area contributed by atoms with Crippen LogP contribution in [0.5, 0.6) is 0 Å². The molecule has 2 amide bonds. The molecule has 1 aromatic heterocycles. The molecule has 270 valence electrons. The molecule has 5 rings (SSSR count). The third kappa shape index (κ3) is 11.7. The molecule has 5 aromatic rings. The third-order valence-corrected chi connectivity index (χ3v) is 10.7. The Morgan fingerprint density at radius 3 is 1.77 bits per heavy atom. The van der Waals surface area contributed by atoms with Crippen molar-refractivity contribution in [2.75, 3.05) is 11.9 Å². The lowest BCUT2D eigenvalue weighted by molar-refractivity contribution is -0.156. The summed E-state index contributed by atoms with van der Waals surface area (Å²) in [6, 6.07) is 38.7. The fourth-order valence-electron chi connectivity index (χ4n) is 5.13. The first-order valence-electron chi connectivity index (χ1n) is 16.0. The van der Waals surface area contributed by atoms with Crippen molar-refractivity contribution in [1.29, 1.82) is 0 Å². The molecule has 0 radical (unpaired) electrons. The lowest BCUT2D eigenvalue weighted by atomic mass is 9.89. The van der Waals surface area contributed by atoms with Crippen molar-refractivity contribution in [3.05, 3.63) is 155 Å². The summed E-state index contributed by atoms with van der Waals surface area (Å²) in [7, 11) is -3.78. The Hall–Kier alpha value is -5.67. The summed E-state index contributed by atoms with van der Waals surface area (Å²) in [5.41, 5.74) is 9.72. The zero-order chi connectivity index (χ0) is 37.5. The van der Waals surface area contributed by atoms with Crippen LogP contribution in [-0.2, 0) is 48.8 Å². The fraction of sp³-hybridized carbons (Fsp3) is 0.158. The van der Waals surface area contributed by atoms with Crippen molar-refractivity contribution in [2.45, 2.75) is 36.2 Å². The maximum atomic E-state index is 13.0. The zero-order valence-electron chi connectivity index (χ0n) is 27.9. The molecular weight excluding hydrogens is 705 g/mol. The Kier molecular flexibility index (Phi) is 14.4. The first kappa shape index (κ1) is 39.1. The van der Waals surface area contributed by atoms with Gasteiger partial charge < -0.3 is 26.2 Å². The minimum atomic E-state index is -3.78. The molecule has 1 heterocycles. The van der Waals surface area contributed by atoms with E-state index in [-0.39, 0.29) is 29.8 Å².